The highest BCUT2D eigenvalue weighted by Crippen LogP contribution is 2.27. The summed E-state index contributed by atoms with van der Waals surface area (Å²) in [6.07, 6.45) is 1.18. The Labute approximate surface area is 100 Å². The van der Waals surface area contributed by atoms with E-state index in [-0.39, 0.29) is 11.0 Å². The lowest BCUT2D eigenvalue weighted by Crippen LogP contribution is -2.53. The highest BCUT2D eigenvalue weighted by atomic mass is 16.5. The van der Waals surface area contributed by atoms with Crippen LogP contribution in [0.5, 0.6) is 0 Å². The number of hydrogen-bond acceptors (Lipinski definition) is 3. The molecule has 1 rings (SSSR count). The zero-order valence-corrected chi connectivity index (χ0v) is 11.5. The summed E-state index contributed by atoms with van der Waals surface area (Å²) in [6.45, 7) is 13.7. The highest BCUT2D eigenvalue weighted by molar-refractivity contribution is 4.92. The molecule has 1 aliphatic rings. The summed E-state index contributed by atoms with van der Waals surface area (Å²) in [5.41, 5.74) is 6.13. The summed E-state index contributed by atoms with van der Waals surface area (Å²) in [5, 5.41) is 3.61. The Morgan fingerprint density at radius 1 is 1.38 bits per heavy atom. The van der Waals surface area contributed by atoms with Gasteiger partial charge in [0.15, 0.2) is 0 Å². The van der Waals surface area contributed by atoms with Gasteiger partial charge in [-0.3, -0.25) is 0 Å². The van der Waals surface area contributed by atoms with Gasteiger partial charge in [-0.25, -0.2) is 0 Å². The fourth-order valence-electron chi connectivity index (χ4n) is 1.76. The summed E-state index contributed by atoms with van der Waals surface area (Å²) >= 11 is 0. The molecule has 0 radical (unpaired) electrons. The maximum absolute atomic E-state index is 6.19. The number of ether oxygens (including phenoxy) is 1. The van der Waals surface area contributed by atoms with Crippen LogP contribution >= 0.6 is 0 Å². The molecule has 0 amide bonds. The quantitative estimate of drug-likeness (QED) is 0.754. The van der Waals surface area contributed by atoms with Crippen molar-refractivity contribution in [3.8, 4) is 0 Å². The molecule has 2 atom stereocenters. The molecule has 0 aromatic heterocycles. The minimum atomic E-state index is -0.161. The maximum Gasteiger partial charge on any atom is 0.0509 e. The van der Waals surface area contributed by atoms with E-state index in [9.17, 15) is 0 Å². The molecule has 1 fully saturated rings. The fraction of sp³-hybridized carbons (Fsp3) is 1.00. The molecule has 0 spiro atoms. The molecular weight excluding hydrogens is 200 g/mol. The Morgan fingerprint density at radius 3 is 2.44 bits per heavy atom. The Morgan fingerprint density at radius 2 is 2.00 bits per heavy atom. The second kappa shape index (κ2) is 5.03. The lowest BCUT2D eigenvalue weighted by molar-refractivity contribution is 0.162. The van der Waals surface area contributed by atoms with Crippen LogP contribution in [0.4, 0.5) is 0 Å². The van der Waals surface area contributed by atoms with E-state index in [0.717, 1.165) is 19.8 Å². The van der Waals surface area contributed by atoms with Crippen LogP contribution < -0.4 is 11.1 Å². The van der Waals surface area contributed by atoms with Gasteiger partial charge in [0.25, 0.3) is 0 Å². The van der Waals surface area contributed by atoms with Crippen LogP contribution in [0.25, 0.3) is 0 Å². The van der Waals surface area contributed by atoms with Crippen molar-refractivity contribution in [3.05, 3.63) is 0 Å². The van der Waals surface area contributed by atoms with Crippen LogP contribution in [-0.2, 0) is 4.74 Å². The number of rotatable bonds is 5. The van der Waals surface area contributed by atoms with Crippen molar-refractivity contribution in [1.82, 2.24) is 5.32 Å². The first-order valence-electron chi connectivity index (χ1n) is 6.34. The Hall–Kier alpha value is -0.120. The van der Waals surface area contributed by atoms with Crippen LogP contribution in [0.15, 0.2) is 0 Å². The van der Waals surface area contributed by atoms with Gasteiger partial charge in [0.2, 0.25) is 0 Å². The van der Waals surface area contributed by atoms with Crippen LogP contribution in [0.1, 0.15) is 41.0 Å². The third kappa shape index (κ3) is 3.44. The third-order valence-electron chi connectivity index (χ3n) is 4.28. The van der Waals surface area contributed by atoms with E-state index in [4.69, 9.17) is 10.5 Å². The van der Waals surface area contributed by atoms with Crippen molar-refractivity contribution in [3.63, 3.8) is 0 Å². The maximum atomic E-state index is 6.19. The SMILES string of the molecule is CC(NCC(C)(C)C(C)(C)N)C1CCOC1. The van der Waals surface area contributed by atoms with Crippen molar-refractivity contribution < 1.29 is 4.74 Å². The van der Waals surface area contributed by atoms with Gasteiger partial charge < -0.3 is 15.8 Å². The van der Waals surface area contributed by atoms with Crippen molar-refractivity contribution in [2.45, 2.75) is 52.6 Å². The van der Waals surface area contributed by atoms with Gasteiger partial charge in [-0.15, -0.1) is 0 Å². The largest absolute Gasteiger partial charge is 0.381 e. The van der Waals surface area contributed by atoms with Gasteiger partial charge in [0.05, 0.1) is 6.61 Å². The molecule has 1 aliphatic heterocycles. The van der Waals surface area contributed by atoms with E-state index < -0.39 is 0 Å². The van der Waals surface area contributed by atoms with Gasteiger partial charge in [-0.05, 0) is 38.5 Å². The molecule has 0 aromatic rings. The first kappa shape index (κ1) is 13.9. The molecule has 1 saturated heterocycles. The minimum absolute atomic E-state index is 0.0979. The van der Waals surface area contributed by atoms with Gasteiger partial charge in [0.1, 0.15) is 0 Å². The van der Waals surface area contributed by atoms with E-state index in [0.29, 0.717) is 12.0 Å². The molecule has 3 heteroatoms. The molecule has 0 bridgehead atoms. The lowest BCUT2D eigenvalue weighted by Gasteiger charge is -2.40. The predicted molar refractivity (Wildman–Crippen MR) is 68.4 cm³/mol. The average Bonchev–Trinajstić information content (AvgIpc) is 2.65. The first-order chi connectivity index (χ1) is 7.24. The standard InChI is InChI=1S/C13H28N2O/c1-10(11-6-7-16-8-11)15-9-12(2,3)13(4,5)14/h10-11,15H,6-9,14H2,1-5H3. The Bertz CT molecular complexity index is 214. The molecule has 3 N–H and O–H groups in total. The summed E-state index contributed by atoms with van der Waals surface area (Å²) in [4.78, 5) is 0. The first-order valence-corrected chi connectivity index (χ1v) is 6.34. The van der Waals surface area contributed by atoms with E-state index in [1.54, 1.807) is 0 Å². The molecule has 0 saturated carbocycles. The lowest BCUT2D eigenvalue weighted by atomic mass is 9.75. The number of hydrogen-bond donors (Lipinski definition) is 2. The minimum Gasteiger partial charge on any atom is -0.381 e. The third-order valence-corrected chi connectivity index (χ3v) is 4.28. The average molecular weight is 228 g/mol. The summed E-state index contributed by atoms with van der Waals surface area (Å²) < 4.78 is 5.41. The van der Waals surface area contributed by atoms with Gasteiger partial charge in [-0.1, -0.05) is 13.8 Å². The zero-order valence-electron chi connectivity index (χ0n) is 11.5. The van der Waals surface area contributed by atoms with Gasteiger partial charge >= 0.3 is 0 Å². The van der Waals surface area contributed by atoms with Crippen molar-refractivity contribution in [2.24, 2.45) is 17.1 Å². The zero-order chi connectivity index (χ0) is 12.4. The Balaban J connectivity index is 2.38. The van der Waals surface area contributed by atoms with E-state index in [1.807, 2.05) is 0 Å². The van der Waals surface area contributed by atoms with Crippen LogP contribution in [0.2, 0.25) is 0 Å². The van der Waals surface area contributed by atoms with Gasteiger partial charge in [0, 0.05) is 24.7 Å². The van der Waals surface area contributed by atoms with Gasteiger partial charge in [-0.2, -0.15) is 0 Å². The highest BCUT2D eigenvalue weighted by Gasteiger charge is 2.34. The molecule has 16 heavy (non-hydrogen) atoms. The van der Waals surface area contributed by atoms with Crippen LogP contribution in [0, 0.1) is 11.3 Å². The monoisotopic (exact) mass is 228 g/mol. The smallest absolute Gasteiger partial charge is 0.0509 e. The van der Waals surface area contributed by atoms with E-state index in [1.165, 1.54) is 6.42 Å². The second-order valence-electron chi connectivity index (χ2n) is 6.40. The molecule has 0 aromatic carbocycles. The summed E-state index contributed by atoms with van der Waals surface area (Å²) in [6, 6.07) is 0.518. The van der Waals surface area contributed by atoms with E-state index >= 15 is 0 Å². The number of nitrogens with one attached hydrogen (secondary N) is 1. The molecule has 96 valence electrons. The molecule has 0 aliphatic carbocycles. The molecule has 2 unspecified atom stereocenters. The second-order valence-corrected chi connectivity index (χ2v) is 6.40. The van der Waals surface area contributed by atoms with E-state index in [2.05, 4.69) is 39.9 Å². The van der Waals surface area contributed by atoms with Crippen LogP contribution in [-0.4, -0.2) is 31.3 Å². The normalized spacial score (nSPS) is 24.8. The molecule has 1 heterocycles. The summed E-state index contributed by atoms with van der Waals surface area (Å²) in [7, 11) is 0. The fourth-order valence-corrected chi connectivity index (χ4v) is 1.76. The molecule has 3 nitrogen and oxygen atoms in total. The Kier molecular flexibility index (Phi) is 4.38. The predicted octanol–water partition coefficient (Wildman–Crippen LogP) is 1.76. The van der Waals surface area contributed by atoms with Crippen molar-refractivity contribution in [1.29, 1.82) is 0 Å². The van der Waals surface area contributed by atoms with Crippen molar-refractivity contribution >= 4 is 0 Å². The van der Waals surface area contributed by atoms with Crippen LogP contribution in [0.3, 0.4) is 0 Å². The summed E-state index contributed by atoms with van der Waals surface area (Å²) in [5.74, 6) is 0.664. The molecular formula is C13H28N2O. The van der Waals surface area contributed by atoms with Crippen molar-refractivity contribution in [2.75, 3.05) is 19.8 Å². The topological polar surface area (TPSA) is 47.3 Å². The number of nitrogens with two attached hydrogens (primary N) is 1.